The summed E-state index contributed by atoms with van der Waals surface area (Å²) in [5.41, 5.74) is 6.65. The predicted molar refractivity (Wildman–Crippen MR) is 290 cm³/mol. The molecule has 14 rings (SSSR count). The number of hydrogen-bond acceptors (Lipinski definition) is 8. The van der Waals surface area contributed by atoms with Gasteiger partial charge in [0, 0.05) is 22.3 Å². The summed E-state index contributed by atoms with van der Waals surface area (Å²) in [7, 11) is -1.45. The Balaban J connectivity index is 0.000000123. The maximum atomic E-state index is 9.60. The molecule has 0 amide bonds. The molecule has 14 aromatic rings. The first-order valence-electron chi connectivity index (χ1n) is 22.7. The van der Waals surface area contributed by atoms with E-state index in [1.807, 2.05) is 121 Å². The zero-order valence-electron chi connectivity index (χ0n) is 37.3. The third-order valence-corrected chi connectivity index (χ3v) is 12.7. The fraction of sp³-hybridized carbons (Fsp3) is 0. The fourth-order valence-corrected chi connectivity index (χ4v) is 9.45. The molecule has 2 aromatic heterocycles. The van der Waals surface area contributed by atoms with Crippen molar-refractivity contribution in [3.05, 3.63) is 224 Å². The summed E-state index contributed by atoms with van der Waals surface area (Å²) >= 11 is 0. The normalized spacial score (nSPS) is 11.2. The van der Waals surface area contributed by atoms with Gasteiger partial charge in [-0.2, -0.15) is 0 Å². The summed E-state index contributed by atoms with van der Waals surface area (Å²) in [6, 6.07) is 75.6. The van der Waals surface area contributed by atoms with Crippen molar-refractivity contribution in [1.82, 2.24) is 20.4 Å². The monoisotopic (exact) mass is 970 g/mol. The van der Waals surface area contributed by atoms with Gasteiger partial charge >= 0.3 is 7.12 Å². The number of hydrogen-bond donors (Lipinski definition) is 2. The molecule has 10 heteroatoms. The average molecular weight is 972 g/mol. The van der Waals surface area contributed by atoms with E-state index in [2.05, 4.69) is 124 Å². The number of aromatic nitrogens is 4. The highest BCUT2D eigenvalue weighted by Crippen LogP contribution is 2.41. The van der Waals surface area contributed by atoms with Crippen LogP contribution in [0.25, 0.3) is 122 Å². The predicted octanol–water partition coefficient (Wildman–Crippen LogP) is 14.2. The van der Waals surface area contributed by atoms with Gasteiger partial charge < -0.3 is 18.9 Å². The zero-order chi connectivity index (χ0) is 46.3. The minimum absolute atomic E-state index is 0. The molecular formula is C60H40BBrN4O4. The van der Waals surface area contributed by atoms with Gasteiger partial charge in [-0.3, -0.25) is 0 Å². The van der Waals surface area contributed by atoms with Crippen LogP contribution in [-0.4, -0.2) is 37.6 Å². The first kappa shape index (κ1) is 44.0. The summed E-state index contributed by atoms with van der Waals surface area (Å²) in [5.74, 6) is 2.14. The maximum Gasteiger partial charge on any atom is 0.489 e. The van der Waals surface area contributed by atoms with Crippen molar-refractivity contribution in [2.24, 2.45) is 0 Å². The van der Waals surface area contributed by atoms with Gasteiger partial charge in [-0.05, 0) is 136 Å². The Labute approximate surface area is 412 Å². The van der Waals surface area contributed by atoms with Crippen molar-refractivity contribution in [2.75, 3.05) is 0 Å². The standard InChI is InChI=1S/C30H18N2O.C16H11BO2.C14H10N2O.BrH/c1-2-6-22(7-3-1)29-31-32-30(33-29)23-16-12-19(13-17-23)26-18-24-10-4-8-20-14-15-21-9-5-11-25(26)28(21)27(20)24;18-17(19)14-9-12-5-1-3-10-7-8-11-4-2-6-13(14)16(11)15(10)12;1-3-7-11(8-4-1)13-15-16-14(17-13)12-9-5-2-6-10-12;/h1-18H;1-9,18-19H;1-10H;1H. The Morgan fingerprint density at radius 2 is 0.643 bits per heavy atom. The molecule has 2 N–H and O–H groups in total. The Morgan fingerprint density at radius 3 is 1.09 bits per heavy atom. The maximum absolute atomic E-state index is 9.60. The molecule has 0 radical (unpaired) electrons. The minimum atomic E-state index is -1.45. The van der Waals surface area contributed by atoms with Crippen LogP contribution in [0.5, 0.6) is 0 Å². The molecule has 334 valence electrons. The van der Waals surface area contributed by atoms with E-state index in [1.54, 1.807) is 0 Å². The van der Waals surface area contributed by atoms with E-state index in [1.165, 1.54) is 54.2 Å². The minimum Gasteiger partial charge on any atom is -0.423 e. The van der Waals surface area contributed by atoms with E-state index in [9.17, 15) is 10.0 Å². The van der Waals surface area contributed by atoms with Crippen molar-refractivity contribution in [1.29, 1.82) is 0 Å². The molecule has 0 aliphatic rings. The first-order chi connectivity index (χ1) is 34.0. The lowest BCUT2D eigenvalue weighted by Crippen LogP contribution is -2.30. The molecule has 2 heterocycles. The molecule has 8 nitrogen and oxygen atoms in total. The second-order valence-corrected chi connectivity index (χ2v) is 16.9. The topological polar surface area (TPSA) is 118 Å². The molecule has 0 aliphatic heterocycles. The molecule has 0 saturated heterocycles. The van der Waals surface area contributed by atoms with Gasteiger partial charge in [0.05, 0.1) is 0 Å². The molecule has 0 spiro atoms. The van der Waals surface area contributed by atoms with Gasteiger partial charge in [0.1, 0.15) is 0 Å². The first-order valence-corrected chi connectivity index (χ1v) is 22.7. The molecule has 12 aromatic carbocycles. The lowest BCUT2D eigenvalue weighted by Gasteiger charge is -2.15. The summed E-state index contributed by atoms with van der Waals surface area (Å²) in [6.45, 7) is 0. The van der Waals surface area contributed by atoms with E-state index in [4.69, 9.17) is 8.83 Å². The van der Waals surface area contributed by atoms with Crippen LogP contribution >= 0.6 is 17.0 Å². The van der Waals surface area contributed by atoms with E-state index < -0.39 is 7.12 Å². The highest BCUT2D eigenvalue weighted by Gasteiger charge is 2.19. The Kier molecular flexibility index (Phi) is 11.9. The Hall–Kier alpha value is -8.54. The lowest BCUT2D eigenvalue weighted by atomic mass is 9.75. The van der Waals surface area contributed by atoms with E-state index in [-0.39, 0.29) is 17.0 Å². The second kappa shape index (κ2) is 18.9. The quantitative estimate of drug-likeness (QED) is 0.125. The molecule has 0 atom stereocenters. The Bertz CT molecular complexity index is 4000. The smallest absolute Gasteiger partial charge is 0.423 e. The lowest BCUT2D eigenvalue weighted by molar-refractivity contribution is 0.426. The van der Waals surface area contributed by atoms with Gasteiger partial charge in [0.2, 0.25) is 23.6 Å². The average Bonchev–Trinajstić information content (AvgIpc) is 4.13. The molecule has 0 aliphatic carbocycles. The van der Waals surface area contributed by atoms with Crippen LogP contribution < -0.4 is 5.46 Å². The van der Waals surface area contributed by atoms with E-state index in [0.29, 0.717) is 29.0 Å². The van der Waals surface area contributed by atoms with Crippen LogP contribution in [0, 0.1) is 0 Å². The molecule has 0 unspecified atom stereocenters. The van der Waals surface area contributed by atoms with Crippen LogP contribution in [0.1, 0.15) is 0 Å². The van der Waals surface area contributed by atoms with Gasteiger partial charge in [0.15, 0.2) is 0 Å². The van der Waals surface area contributed by atoms with Crippen molar-refractivity contribution in [2.45, 2.75) is 0 Å². The van der Waals surface area contributed by atoms with Crippen LogP contribution in [0.15, 0.2) is 233 Å². The van der Waals surface area contributed by atoms with Crippen LogP contribution in [0.3, 0.4) is 0 Å². The molecular weight excluding hydrogens is 931 g/mol. The second-order valence-electron chi connectivity index (χ2n) is 16.9. The van der Waals surface area contributed by atoms with Gasteiger partial charge in [-0.1, -0.05) is 170 Å². The molecule has 0 bridgehead atoms. The summed E-state index contributed by atoms with van der Waals surface area (Å²) in [5, 5.41) is 50.1. The third kappa shape index (κ3) is 8.20. The van der Waals surface area contributed by atoms with Gasteiger partial charge in [-0.15, -0.1) is 37.4 Å². The van der Waals surface area contributed by atoms with Gasteiger partial charge in [0.25, 0.3) is 0 Å². The SMILES string of the molecule is Br.OB(O)c1cc2cccc3ccc4cccc1c4c32.c1ccc(-c2nnc(-c3ccc(-c4cc5cccc6ccc7cccc4c7c65)cc3)o2)cc1.c1ccc(-c2nnc(-c3ccccc3)o2)cc1. The number of rotatable bonds is 6. The zero-order valence-corrected chi connectivity index (χ0v) is 39.1. The van der Waals surface area contributed by atoms with E-state index >= 15 is 0 Å². The molecule has 0 saturated carbocycles. The summed E-state index contributed by atoms with van der Waals surface area (Å²) in [4.78, 5) is 0. The molecule has 70 heavy (non-hydrogen) atoms. The van der Waals surface area contributed by atoms with Crippen LogP contribution in [-0.2, 0) is 0 Å². The Morgan fingerprint density at radius 1 is 0.300 bits per heavy atom. The van der Waals surface area contributed by atoms with Crippen molar-refractivity contribution in [3.8, 4) is 56.9 Å². The number of benzene rings is 12. The van der Waals surface area contributed by atoms with Crippen molar-refractivity contribution in [3.63, 3.8) is 0 Å². The summed E-state index contributed by atoms with van der Waals surface area (Å²) < 4.78 is 11.6. The number of halogens is 1. The van der Waals surface area contributed by atoms with Crippen molar-refractivity contribution >= 4 is 94.2 Å². The largest absolute Gasteiger partial charge is 0.489 e. The van der Waals surface area contributed by atoms with Gasteiger partial charge in [-0.25, -0.2) is 0 Å². The third-order valence-electron chi connectivity index (χ3n) is 12.7. The van der Waals surface area contributed by atoms with Crippen LogP contribution in [0.4, 0.5) is 0 Å². The highest BCUT2D eigenvalue weighted by atomic mass is 79.9. The summed E-state index contributed by atoms with van der Waals surface area (Å²) in [6.07, 6.45) is 0. The fourth-order valence-electron chi connectivity index (χ4n) is 9.45. The molecule has 0 fully saturated rings. The van der Waals surface area contributed by atoms with E-state index in [0.717, 1.165) is 43.8 Å². The van der Waals surface area contributed by atoms with Crippen molar-refractivity contribution < 1.29 is 18.9 Å². The highest BCUT2D eigenvalue weighted by molar-refractivity contribution is 8.93. The number of nitrogens with zero attached hydrogens (tertiary/aromatic N) is 4. The van der Waals surface area contributed by atoms with Crippen LogP contribution in [0.2, 0.25) is 0 Å².